The Morgan fingerprint density at radius 3 is 2.40 bits per heavy atom. The third-order valence-electron chi connectivity index (χ3n) is 4.85. The van der Waals surface area contributed by atoms with Crippen molar-refractivity contribution in [3.63, 3.8) is 0 Å². The molecule has 1 unspecified atom stereocenters. The Kier molecular flexibility index (Phi) is 7.00. The van der Waals surface area contributed by atoms with E-state index >= 15 is 0 Å². The van der Waals surface area contributed by atoms with Gasteiger partial charge in [0.05, 0.1) is 23.8 Å². The molecule has 0 aromatic heterocycles. The minimum absolute atomic E-state index is 0.0451. The molecule has 30 heavy (non-hydrogen) atoms. The average Bonchev–Trinajstić information content (AvgIpc) is 3.07. The lowest BCUT2D eigenvalue weighted by Gasteiger charge is -2.35. The third kappa shape index (κ3) is 4.93. The Morgan fingerprint density at radius 1 is 1.27 bits per heavy atom. The number of thiocarbonyl (C=S) groups is 1. The molecule has 0 bridgehead atoms. The number of halogens is 3. The number of cyclic esters (lactones) is 1. The van der Waals surface area contributed by atoms with E-state index in [0.29, 0.717) is 11.5 Å². The number of sulfonamides is 1. The zero-order chi connectivity index (χ0) is 22.1. The molecule has 2 aliphatic heterocycles. The molecule has 8 nitrogen and oxygen atoms in total. The van der Waals surface area contributed by atoms with Gasteiger partial charge in [0.1, 0.15) is 17.0 Å². The summed E-state index contributed by atoms with van der Waals surface area (Å²) in [4.78, 5) is 15.3. The van der Waals surface area contributed by atoms with Gasteiger partial charge in [-0.2, -0.15) is 4.31 Å². The highest BCUT2D eigenvalue weighted by atomic mass is 35.5. The molecule has 1 aromatic rings. The van der Waals surface area contributed by atoms with Gasteiger partial charge in [-0.05, 0) is 6.92 Å². The summed E-state index contributed by atoms with van der Waals surface area (Å²) in [5.41, 5.74) is -0.215. The van der Waals surface area contributed by atoms with Crippen LogP contribution in [0.5, 0.6) is 0 Å². The van der Waals surface area contributed by atoms with Gasteiger partial charge in [0.25, 0.3) is 0 Å². The summed E-state index contributed by atoms with van der Waals surface area (Å²) < 4.78 is 59.6. The maximum absolute atomic E-state index is 14.8. The normalized spacial score (nSPS) is 20.4. The number of benzene rings is 1. The van der Waals surface area contributed by atoms with Crippen LogP contribution in [0.15, 0.2) is 12.1 Å². The lowest BCUT2D eigenvalue weighted by molar-refractivity contribution is 0.143. The summed E-state index contributed by atoms with van der Waals surface area (Å²) in [6.07, 6.45) is -1.20. The van der Waals surface area contributed by atoms with Crippen LogP contribution in [0.3, 0.4) is 0 Å². The largest absolute Gasteiger partial charge is 0.442 e. The standard InChI is InChI=1S/C17H21ClF2N4O4S2/c1-11(29)21-8-13-9-24(17(25)28-13)12-6-14(19)16(15(20)7-12)22-2-4-23(5-3-22)30(26,27)10-18/h6-7,13H,2-5,8-10H2,1H3,(H,21,29). The number of carbonyl (C=O) groups is 1. The summed E-state index contributed by atoms with van der Waals surface area (Å²) in [6.45, 7) is 2.49. The first-order valence-corrected chi connectivity index (χ1v) is 11.7. The predicted octanol–water partition coefficient (Wildman–Crippen LogP) is 1.88. The molecule has 0 saturated carbocycles. The predicted molar refractivity (Wildman–Crippen MR) is 114 cm³/mol. The molecule has 2 saturated heterocycles. The fourth-order valence-electron chi connectivity index (χ4n) is 3.37. The fraction of sp³-hybridized carbons (Fsp3) is 0.529. The highest BCUT2D eigenvalue weighted by Crippen LogP contribution is 2.31. The van der Waals surface area contributed by atoms with E-state index in [1.807, 2.05) is 0 Å². The minimum atomic E-state index is -3.57. The van der Waals surface area contributed by atoms with E-state index in [1.54, 1.807) is 6.92 Å². The Hall–Kier alpha value is -1.76. The zero-order valence-electron chi connectivity index (χ0n) is 16.1. The molecule has 166 valence electrons. The van der Waals surface area contributed by atoms with E-state index in [9.17, 15) is 22.0 Å². The van der Waals surface area contributed by atoms with Crippen molar-refractivity contribution in [2.75, 3.05) is 54.3 Å². The number of piperazine rings is 1. The molecule has 2 heterocycles. The number of hydrogen-bond acceptors (Lipinski definition) is 6. The third-order valence-corrected chi connectivity index (χ3v) is 7.25. The van der Waals surface area contributed by atoms with Gasteiger partial charge < -0.3 is 15.0 Å². The molecular weight excluding hydrogens is 462 g/mol. The van der Waals surface area contributed by atoms with Crippen LogP contribution in [0, 0.1) is 11.6 Å². The quantitative estimate of drug-likeness (QED) is 0.489. The van der Waals surface area contributed by atoms with E-state index < -0.39 is 39.1 Å². The number of amides is 1. The number of hydrogen-bond donors (Lipinski definition) is 1. The smallest absolute Gasteiger partial charge is 0.414 e. The maximum atomic E-state index is 14.8. The molecule has 2 fully saturated rings. The molecule has 13 heteroatoms. The van der Waals surface area contributed by atoms with Crippen molar-refractivity contribution in [2.45, 2.75) is 13.0 Å². The molecule has 0 spiro atoms. The van der Waals surface area contributed by atoms with Crippen molar-refractivity contribution in [3.8, 4) is 0 Å². The van der Waals surface area contributed by atoms with Crippen molar-refractivity contribution >= 4 is 56.3 Å². The number of carbonyl (C=O) groups excluding carboxylic acids is 1. The number of alkyl halides is 1. The van der Waals surface area contributed by atoms with Crippen LogP contribution >= 0.6 is 23.8 Å². The van der Waals surface area contributed by atoms with E-state index in [-0.39, 0.29) is 44.1 Å². The topological polar surface area (TPSA) is 82.2 Å². The highest BCUT2D eigenvalue weighted by Gasteiger charge is 2.34. The van der Waals surface area contributed by atoms with Gasteiger partial charge in [-0.15, -0.1) is 11.6 Å². The van der Waals surface area contributed by atoms with Gasteiger partial charge in [-0.25, -0.2) is 22.0 Å². The van der Waals surface area contributed by atoms with Gasteiger partial charge in [-0.1, -0.05) is 12.2 Å². The van der Waals surface area contributed by atoms with Crippen LogP contribution in [0.2, 0.25) is 0 Å². The first-order valence-electron chi connectivity index (χ1n) is 9.12. The summed E-state index contributed by atoms with van der Waals surface area (Å²) in [7, 11) is -3.57. The first-order chi connectivity index (χ1) is 14.1. The van der Waals surface area contributed by atoms with Crippen molar-refractivity contribution < 1.29 is 26.7 Å². The maximum Gasteiger partial charge on any atom is 0.414 e. The van der Waals surface area contributed by atoms with Crippen molar-refractivity contribution in [3.05, 3.63) is 23.8 Å². The Labute approximate surface area is 183 Å². The van der Waals surface area contributed by atoms with Gasteiger partial charge in [0.2, 0.25) is 10.0 Å². The molecule has 1 aromatic carbocycles. The van der Waals surface area contributed by atoms with Crippen LogP contribution < -0.4 is 15.1 Å². The van der Waals surface area contributed by atoms with Crippen LogP contribution in [0.4, 0.5) is 25.0 Å². The molecule has 0 aliphatic carbocycles. The zero-order valence-corrected chi connectivity index (χ0v) is 18.5. The molecule has 1 N–H and O–H groups in total. The van der Waals surface area contributed by atoms with E-state index in [0.717, 1.165) is 17.0 Å². The summed E-state index contributed by atoms with van der Waals surface area (Å²) in [5, 5.41) is 2.35. The lowest BCUT2D eigenvalue weighted by atomic mass is 10.2. The van der Waals surface area contributed by atoms with Crippen LogP contribution in [-0.4, -0.2) is 74.4 Å². The second kappa shape index (κ2) is 9.16. The second-order valence-corrected chi connectivity index (χ2v) is 10.1. The first kappa shape index (κ1) is 22.9. The lowest BCUT2D eigenvalue weighted by Crippen LogP contribution is -2.49. The number of anilines is 2. The molecule has 0 radical (unpaired) electrons. The van der Waals surface area contributed by atoms with E-state index in [2.05, 4.69) is 5.32 Å². The SMILES string of the molecule is CC(=S)NCC1CN(c2cc(F)c(N3CCN(S(=O)(=O)CCl)CC3)c(F)c2)C(=O)O1. The molecular formula is C17H21ClF2N4O4S2. The molecule has 1 amide bonds. The van der Waals surface area contributed by atoms with Gasteiger partial charge in [0.15, 0.2) is 11.6 Å². The van der Waals surface area contributed by atoms with E-state index in [4.69, 9.17) is 28.6 Å². The van der Waals surface area contributed by atoms with Crippen molar-refractivity contribution in [2.24, 2.45) is 0 Å². The van der Waals surface area contributed by atoms with Gasteiger partial charge >= 0.3 is 6.09 Å². The minimum Gasteiger partial charge on any atom is -0.442 e. The van der Waals surface area contributed by atoms with Crippen LogP contribution in [0.1, 0.15) is 6.92 Å². The Bertz CT molecular complexity index is 919. The monoisotopic (exact) mass is 482 g/mol. The van der Waals surface area contributed by atoms with E-state index in [1.165, 1.54) is 9.21 Å². The highest BCUT2D eigenvalue weighted by molar-refractivity contribution is 7.90. The molecule has 1 atom stereocenters. The summed E-state index contributed by atoms with van der Waals surface area (Å²) in [5.74, 6) is -1.69. The van der Waals surface area contributed by atoms with Crippen molar-refractivity contribution in [1.82, 2.24) is 9.62 Å². The number of rotatable bonds is 6. The number of nitrogens with zero attached hydrogens (tertiary/aromatic N) is 3. The van der Waals surface area contributed by atoms with Gasteiger partial charge in [-0.3, -0.25) is 4.90 Å². The fourth-order valence-corrected chi connectivity index (χ4v) is 4.72. The van der Waals surface area contributed by atoms with Crippen LogP contribution in [0.25, 0.3) is 0 Å². The molecule has 3 rings (SSSR count). The van der Waals surface area contributed by atoms with Gasteiger partial charge in [0, 0.05) is 38.3 Å². The Balaban J connectivity index is 1.72. The van der Waals surface area contributed by atoms with Crippen molar-refractivity contribution in [1.29, 1.82) is 0 Å². The summed E-state index contributed by atoms with van der Waals surface area (Å²) in [6, 6.07) is 2.14. The molecule has 2 aliphatic rings. The summed E-state index contributed by atoms with van der Waals surface area (Å²) >= 11 is 10.4. The average molecular weight is 483 g/mol. The van der Waals surface area contributed by atoms with Crippen LogP contribution in [-0.2, 0) is 14.8 Å². The Morgan fingerprint density at radius 2 is 1.87 bits per heavy atom. The number of nitrogens with one attached hydrogen (secondary N) is 1. The number of ether oxygens (including phenoxy) is 1. The second-order valence-electron chi connectivity index (χ2n) is 6.92.